The molecule has 29 heavy (non-hydrogen) atoms. The molecule has 0 unspecified atom stereocenters. The van der Waals surface area contributed by atoms with Crippen molar-refractivity contribution < 1.29 is 14.3 Å². The quantitative estimate of drug-likeness (QED) is 0.430. The van der Waals surface area contributed by atoms with Gasteiger partial charge in [0.05, 0.1) is 25.4 Å². The maximum Gasteiger partial charge on any atom is 0.195 e. The smallest absolute Gasteiger partial charge is 0.195 e. The van der Waals surface area contributed by atoms with Crippen LogP contribution in [-0.4, -0.2) is 25.0 Å². The van der Waals surface area contributed by atoms with Crippen LogP contribution in [0.25, 0.3) is 22.2 Å². The predicted molar refractivity (Wildman–Crippen MR) is 115 cm³/mol. The first-order valence-electron chi connectivity index (χ1n) is 9.33. The minimum Gasteiger partial charge on any atom is -0.497 e. The predicted octanol–water partition coefficient (Wildman–Crippen LogP) is 5.46. The summed E-state index contributed by atoms with van der Waals surface area (Å²) in [5.41, 5.74) is 4.69. The number of fused-ring (bicyclic) bond motifs is 1. The minimum absolute atomic E-state index is 0.0829. The summed E-state index contributed by atoms with van der Waals surface area (Å²) < 4.78 is 10.5. The van der Waals surface area contributed by atoms with E-state index in [4.69, 9.17) is 14.5 Å². The van der Waals surface area contributed by atoms with Gasteiger partial charge in [0.15, 0.2) is 5.78 Å². The third kappa shape index (κ3) is 3.69. The number of rotatable bonds is 5. The van der Waals surface area contributed by atoms with Gasteiger partial charge < -0.3 is 9.47 Å². The van der Waals surface area contributed by atoms with E-state index in [1.54, 1.807) is 38.5 Å². The topological polar surface area (TPSA) is 48.4 Å². The number of aryl methyl sites for hydroxylation is 1. The Morgan fingerprint density at radius 3 is 2.10 bits per heavy atom. The molecule has 0 saturated carbocycles. The number of aromatic nitrogens is 1. The van der Waals surface area contributed by atoms with Crippen molar-refractivity contribution >= 4 is 16.7 Å². The summed E-state index contributed by atoms with van der Waals surface area (Å²) in [7, 11) is 3.23. The maximum absolute atomic E-state index is 13.4. The van der Waals surface area contributed by atoms with Crippen LogP contribution in [0.3, 0.4) is 0 Å². The molecule has 0 aliphatic heterocycles. The van der Waals surface area contributed by atoms with E-state index in [0.717, 1.165) is 27.8 Å². The Morgan fingerprint density at radius 1 is 0.793 bits per heavy atom. The van der Waals surface area contributed by atoms with E-state index in [-0.39, 0.29) is 5.78 Å². The normalized spacial score (nSPS) is 10.7. The van der Waals surface area contributed by atoms with Crippen LogP contribution in [-0.2, 0) is 0 Å². The molecule has 3 aromatic carbocycles. The van der Waals surface area contributed by atoms with Gasteiger partial charge in [-0.05, 0) is 55.5 Å². The van der Waals surface area contributed by atoms with Crippen LogP contribution in [0.5, 0.6) is 11.5 Å². The Kier molecular flexibility index (Phi) is 5.00. The van der Waals surface area contributed by atoms with Crippen LogP contribution >= 0.6 is 0 Å². The summed E-state index contributed by atoms with van der Waals surface area (Å²) in [4.78, 5) is 18.2. The van der Waals surface area contributed by atoms with Gasteiger partial charge in [0.1, 0.15) is 11.5 Å². The molecule has 4 rings (SSSR count). The van der Waals surface area contributed by atoms with Gasteiger partial charge in [0, 0.05) is 22.1 Å². The highest BCUT2D eigenvalue weighted by Gasteiger charge is 2.18. The Balaban J connectivity index is 1.91. The van der Waals surface area contributed by atoms with Crippen molar-refractivity contribution in [3.63, 3.8) is 0 Å². The monoisotopic (exact) mass is 383 g/mol. The number of carbonyl (C=O) groups is 1. The number of ketones is 1. The Labute approximate surface area is 169 Å². The van der Waals surface area contributed by atoms with Crippen LogP contribution < -0.4 is 9.47 Å². The lowest BCUT2D eigenvalue weighted by atomic mass is 9.96. The molecule has 4 nitrogen and oxygen atoms in total. The second kappa shape index (κ2) is 7.76. The van der Waals surface area contributed by atoms with Crippen molar-refractivity contribution in [1.29, 1.82) is 0 Å². The lowest BCUT2D eigenvalue weighted by Crippen LogP contribution is -2.06. The second-order valence-corrected chi connectivity index (χ2v) is 6.87. The zero-order valence-electron chi connectivity index (χ0n) is 16.6. The molecule has 0 aliphatic carbocycles. The van der Waals surface area contributed by atoms with Crippen LogP contribution in [0.4, 0.5) is 0 Å². The Morgan fingerprint density at radius 2 is 1.45 bits per heavy atom. The second-order valence-electron chi connectivity index (χ2n) is 6.87. The lowest BCUT2D eigenvalue weighted by molar-refractivity contribution is 0.103. The molecule has 0 saturated heterocycles. The van der Waals surface area contributed by atoms with Crippen molar-refractivity contribution in [2.75, 3.05) is 14.2 Å². The van der Waals surface area contributed by atoms with Crippen molar-refractivity contribution in [3.05, 3.63) is 89.5 Å². The number of nitrogens with zero attached hydrogens (tertiary/aromatic N) is 1. The van der Waals surface area contributed by atoms with Crippen molar-refractivity contribution in [2.24, 2.45) is 0 Å². The van der Waals surface area contributed by atoms with Gasteiger partial charge in [0.25, 0.3) is 0 Å². The first-order valence-corrected chi connectivity index (χ1v) is 9.33. The van der Waals surface area contributed by atoms with Crippen LogP contribution in [0.1, 0.15) is 21.5 Å². The number of hydrogen-bond acceptors (Lipinski definition) is 4. The van der Waals surface area contributed by atoms with Gasteiger partial charge in [-0.25, -0.2) is 4.98 Å². The summed E-state index contributed by atoms with van der Waals surface area (Å²) in [5.74, 6) is 1.35. The van der Waals surface area contributed by atoms with Crippen LogP contribution in [0.15, 0.2) is 72.8 Å². The highest BCUT2D eigenvalue weighted by molar-refractivity contribution is 6.14. The largest absolute Gasteiger partial charge is 0.497 e. The first-order chi connectivity index (χ1) is 14.1. The molecule has 0 bridgehead atoms. The van der Waals surface area contributed by atoms with Gasteiger partial charge in [0.2, 0.25) is 0 Å². The molecular formula is C25H21NO3. The maximum atomic E-state index is 13.4. The highest BCUT2D eigenvalue weighted by atomic mass is 16.5. The summed E-state index contributed by atoms with van der Waals surface area (Å²) in [6.45, 7) is 2.04. The van der Waals surface area contributed by atoms with Gasteiger partial charge in [-0.3, -0.25) is 4.79 Å². The fourth-order valence-electron chi connectivity index (χ4n) is 3.28. The number of ether oxygens (including phenoxy) is 2. The van der Waals surface area contributed by atoms with E-state index in [1.807, 2.05) is 55.5 Å². The highest BCUT2D eigenvalue weighted by Crippen LogP contribution is 2.30. The SMILES string of the molecule is COc1ccc(C(=O)c2cc3cc(OC)ccc3nc2-c2ccc(C)cc2)cc1. The van der Waals surface area contributed by atoms with Crippen molar-refractivity contribution in [2.45, 2.75) is 6.92 Å². The first kappa shape index (κ1) is 18.7. The fourth-order valence-corrected chi connectivity index (χ4v) is 3.28. The molecule has 0 spiro atoms. The minimum atomic E-state index is -0.0829. The molecule has 0 fully saturated rings. The molecule has 1 aromatic heterocycles. The molecule has 0 N–H and O–H groups in total. The third-order valence-electron chi connectivity index (χ3n) is 4.94. The van der Waals surface area contributed by atoms with Gasteiger partial charge in [-0.15, -0.1) is 0 Å². The fraction of sp³-hybridized carbons (Fsp3) is 0.120. The molecular weight excluding hydrogens is 362 g/mol. The summed E-state index contributed by atoms with van der Waals surface area (Å²) >= 11 is 0. The molecule has 144 valence electrons. The van der Waals surface area contributed by atoms with Crippen LogP contribution in [0.2, 0.25) is 0 Å². The van der Waals surface area contributed by atoms with E-state index in [9.17, 15) is 4.79 Å². The van der Waals surface area contributed by atoms with Crippen molar-refractivity contribution in [3.8, 4) is 22.8 Å². The Hall–Kier alpha value is -3.66. The van der Waals surface area contributed by atoms with E-state index in [1.165, 1.54) is 0 Å². The van der Waals surface area contributed by atoms with Crippen molar-refractivity contribution in [1.82, 2.24) is 4.98 Å². The lowest BCUT2D eigenvalue weighted by Gasteiger charge is -2.12. The summed E-state index contributed by atoms with van der Waals surface area (Å²) in [5, 5.41) is 0.858. The number of methoxy groups -OCH3 is 2. The standard InChI is InChI=1S/C25H21NO3/c1-16-4-6-17(7-5-16)24-22(25(27)18-8-10-20(28-2)11-9-18)15-19-14-21(29-3)12-13-23(19)26-24/h4-15H,1-3H3. The molecule has 0 radical (unpaired) electrons. The molecule has 1 heterocycles. The van der Waals surface area contributed by atoms with Gasteiger partial charge in [-0.2, -0.15) is 0 Å². The molecule has 4 heteroatoms. The number of hydrogen-bond donors (Lipinski definition) is 0. The van der Waals surface area contributed by atoms with E-state index >= 15 is 0 Å². The van der Waals surface area contributed by atoms with E-state index < -0.39 is 0 Å². The van der Waals surface area contributed by atoms with Gasteiger partial charge in [-0.1, -0.05) is 29.8 Å². The Bertz CT molecular complexity index is 1180. The van der Waals surface area contributed by atoms with E-state index in [2.05, 4.69) is 0 Å². The zero-order chi connectivity index (χ0) is 20.4. The number of carbonyl (C=O) groups excluding carboxylic acids is 1. The molecule has 0 amide bonds. The summed E-state index contributed by atoms with van der Waals surface area (Å²) in [6, 6.07) is 22.7. The average Bonchev–Trinajstić information content (AvgIpc) is 2.78. The van der Waals surface area contributed by atoms with E-state index in [0.29, 0.717) is 22.6 Å². The van der Waals surface area contributed by atoms with Gasteiger partial charge >= 0.3 is 0 Å². The summed E-state index contributed by atoms with van der Waals surface area (Å²) in [6.07, 6.45) is 0. The zero-order valence-corrected chi connectivity index (χ0v) is 16.6. The third-order valence-corrected chi connectivity index (χ3v) is 4.94. The van der Waals surface area contributed by atoms with Crippen LogP contribution in [0, 0.1) is 6.92 Å². The average molecular weight is 383 g/mol. The molecule has 0 atom stereocenters. The molecule has 4 aromatic rings. The number of pyridine rings is 1. The number of benzene rings is 3. The molecule has 0 aliphatic rings.